The van der Waals surface area contributed by atoms with Crippen molar-refractivity contribution in [1.29, 1.82) is 0 Å². The van der Waals surface area contributed by atoms with E-state index in [-0.39, 0.29) is 44.2 Å². The van der Waals surface area contributed by atoms with Gasteiger partial charge in [-0.25, -0.2) is 4.98 Å². The minimum atomic E-state index is -4.70. The molecule has 1 aromatic carbocycles. The van der Waals surface area contributed by atoms with Gasteiger partial charge in [-0.1, -0.05) is 23.7 Å². The highest BCUT2D eigenvalue weighted by atomic mass is 35.5. The Bertz CT molecular complexity index is 1300. The Kier molecular flexibility index (Phi) is 8.10. The second-order valence-electron chi connectivity index (χ2n) is 7.88. The zero-order valence-electron chi connectivity index (χ0n) is 19.4. The number of ether oxygens (including phenoxy) is 1. The molecule has 200 valence electrons. The van der Waals surface area contributed by atoms with Crippen LogP contribution in [0.3, 0.4) is 0 Å². The monoisotopic (exact) mass is 549 g/mol. The third-order valence-corrected chi connectivity index (χ3v) is 6.04. The van der Waals surface area contributed by atoms with Crippen molar-refractivity contribution in [3.8, 4) is 5.88 Å². The first-order valence-electron chi connectivity index (χ1n) is 10.6. The number of aromatic nitrogens is 2. The molecule has 0 radical (unpaired) electrons. The molecular weight excluding hydrogens is 528 g/mol. The molecule has 2 heterocycles. The molecule has 0 amide bonds. The molecule has 2 aromatic heterocycles. The largest absolute Gasteiger partial charge is 0.481 e. The Morgan fingerprint density at radius 2 is 1.81 bits per heavy atom. The number of pyridine rings is 2. The number of fused-ring (bicyclic) bond motifs is 1. The van der Waals surface area contributed by atoms with Gasteiger partial charge in [0.05, 0.1) is 23.3 Å². The van der Waals surface area contributed by atoms with Crippen molar-refractivity contribution < 1.29 is 36.2 Å². The zero-order valence-corrected chi connectivity index (χ0v) is 20.2. The molecule has 0 aliphatic heterocycles. The lowest BCUT2D eigenvalue weighted by Crippen LogP contribution is -2.37. The van der Waals surface area contributed by atoms with Gasteiger partial charge in [-0.05, 0) is 30.2 Å². The number of halogens is 7. The molecule has 3 rings (SSSR count). The zero-order chi connectivity index (χ0) is 27.6. The van der Waals surface area contributed by atoms with E-state index >= 15 is 0 Å². The predicted molar refractivity (Wildman–Crippen MR) is 124 cm³/mol. The van der Waals surface area contributed by atoms with Crippen LogP contribution in [0.25, 0.3) is 10.9 Å². The Balaban J connectivity index is 2.25. The van der Waals surface area contributed by atoms with Crippen LogP contribution in [0.2, 0.25) is 5.02 Å². The van der Waals surface area contributed by atoms with E-state index < -0.39 is 36.5 Å². The van der Waals surface area contributed by atoms with Crippen LogP contribution in [0, 0.1) is 0 Å². The fourth-order valence-electron chi connectivity index (χ4n) is 3.81. The number of nitrogens with one attached hydrogen (secondary N) is 2. The van der Waals surface area contributed by atoms with Gasteiger partial charge in [-0.3, -0.25) is 10.8 Å². The number of hydrogen-bond acceptors (Lipinski definition) is 7. The first kappa shape index (κ1) is 28.3. The molecule has 0 aliphatic carbocycles. The first-order valence-corrected chi connectivity index (χ1v) is 11.0. The van der Waals surface area contributed by atoms with Gasteiger partial charge in [0.25, 0.3) is 0 Å². The SMILES string of the molecule is CN/C(=C\NN)C(O)(c1ccc(C(F)(F)F)nc1)c1ccc2nc(OC)c(CCC(F)(F)F)c(Cl)c2c1. The van der Waals surface area contributed by atoms with Gasteiger partial charge < -0.3 is 20.6 Å². The Morgan fingerprint density at radius 3 is 2.32 bits per heavy atom. The van der Waals surface area contributed by atoms with E-state index in [0.717, 1.165) is 12.3 Å². The second-order valence-corrected chi connectivity index (χ2v) is 8.25. The van der Waals surface area contributed by atoms with Crippen molar-refractivity contribution in [1.82, 2.24) is 20.7 Å². The molecule has 0 aliphatic rings. The number of methoxy groups -OCH3 is 1. The molecule has 0 bridgehead atoms. The van der Waals surface area contributed by atoms with Crippen LogP contribution in [0.15, 0.2) is 48.4 Å². The standard InChI is InChI=1S/C23H22ClF6N5O2/c1-32-18(11-34-31)22(36,13-4-6-17(33-10-13)23(28,29)30)12-3-5-16-15(9-12)19(24)14(20(35-16)37-2)7-8-21(25,26)27/h3-6,9-11,32,34,36H,7-8,31H2,1-2H3/b18-11-. The molecule has 0 saturated carbocycles. The molecule has 37 heavy (non-hydrogen) atoms. The maximum atomic E-state index is 13.1. The molecule has 3 aromatic rings. The highest BCUT2D eigenvalue weighted by Gasteiger charge is 2.39. The summed E-state index contributed by atoms with van der Waals surface area (Å²) in [5.41, 5.74) is -0.739. The van der Waals surface area contributed by atoms with Gasteiger partial charge in [0.2, 0.25) is 5.88 Å². The highest BCUT2D eigenvalue weighted by Crippen LogP contribution is 2.41. The Hall–Kier alpha value is -3.29. The summed E-state index contributed by atoms with van der Waals surface area (Å²) in [6.45, 7) is 0. The molecular formula is C23H22ClF6N5O2. The molecule has 1 unspecified atom stereocenters. The molecule has 1 atom stereocenters. The number of nitrogens with zero attached hydrogens (tertiary/aromatic N) is 2. The predicted octanol–water partition coefficient (Wildman–Crippen LogP) is 4.57. The Labute approximate surface area is 212 Å². The van der Waals surface area contributed by atoms with Gasteiger partial charge in [0.1, 0.15) is 5.69 Å². The fourth-order valence-corrected chi connectivity index (χ4v) is 4.14. The van der Waals surface area contributed by atoms with Crippen molar-refractivity contribution >= 4 is 22.5 Å². The topological polar surface area (TPSA) is 105 Å². The third kappa shape index (κ3) is 5.84. The number of aliphatic hydroxyl groups is 1. The highest BCUT2D eigenvalue weighted by molar-refractivity contribution is 6.36. The summed E-state index contributed by atoms with van der Waals surface area (Å²) in [4.78, 5) is 7.66. The lowest BCUT2D eigenvalue weighted by Gasteiger charge is -2.32. The summed E-state index contributed by atoms with van der Waals surface area (Å²) in [6.07, 6.45) is -8.80. The van der Waals surface area contributed by atoms with Crippen LogP contribution in [0.4, 0.5) is 26.3 Å². The van der Waals surface area contributed by atoms with Crippen LogP contribution in [0.1, 0.15) is 28.8 Å². The van der Waals surface area contributed by atoms with E-state index in [2.05, 4.69) is 20.7 Å². The van der Waals surface area contributed by atoms with Crippen LogP contribution in [-0.2, 0) is 18.2 Å². The minimum Gasteiger partial charge on any atom is -0.481 e. The summed E-state index contributed by atoms with van der Waals surface area (Å²) in [5, 5.41) is 14.7. The number of hydrazine groups is 1. The Morgan fingerprint density at radius 1 is 1.14 bits per heavy atom. The maximum absolute atomic E-state index is 13.1. The van der Waals surface area contributed by atoms with Crippen molar-refractivity contribution in [2.75, 3.05) is 14.2 Å². The van der Waals surface area contributed by atoms with Gasteiger partial charge >= 0.3 is 12.4 Å². The smallest absolute Gasteiger partial charge is 0.433 e. The first-order chi connectivity index (χ1) is 17.3. The van der Waals surface area contributed by atoms with Gasteiger partial charge in [-0.2, -0.15) is 26.3 Å². The van der Waals surface area contributed by atoms with Crippen LogP contribution in [-0.4, -0.2) is 35.4 Å². The van der Waals surface area contributed by atoms with E-state index in [1.165, 1.54) is 38.6 Å². The van der Waals surface area contributed by atoms with Crippen LogP contribution in [0.5, 0.6) is 5.88 Å². The number of alkyl halides is 6. The van der Waals surface area contributed by atoms with Crippen molar-refractivity contribution in [3.63, 3.8) is 0 Å². The molecule has 0 saturated heterocycles. The van der Waals surface area contributed by atoms with E-state index in [9.17, 15) is 31.4 Å². The third-order valence-electron chi connectivity index (χ3n) is 5.61. The van der Waals surface area contributed by atoms with Crippen molar-refractivity contribution in [3.05, 3.63) is 75.8 Å². The summed E-state index contributed by atoms with van der Waals surface area (Å²) in [7, 11) is 2.69. The lowest BCUT2D eigenvalue weighted by atomic mass is 9.83. The lowest BCUT2D eigenvalue weighted by molar-refractivity contribution is -0.141. The van der Waals surface area contributed by atoms with Gasteiger partial charge in [0.15, 0.2) is 5.60 Å². The normalized spacial score (nSPS) is 14.4. The van der Waals surface area contributed by atoms with Crippen molar-refractivity contribution in [2.45, 2.75) is 30.8 Å². The number of rotatable bonds is 8. The molecule has 7 nitrogen and oxygen atoms in total. The summed E-state index contributed by atoms with van der Waals surface area (Å²) in [5.74, 6) is 5.31. The van der Waals surface area contributed by atoms with Crippen molar-refractivity contribution in [2.24, 2.45) is 5.84 Å². The van der Waals surface area contributed by atoms with E-state index in [1.54, 1.807) is 0 Å². The van der Waals surface area contributed by atoms with Crippen LogP contribution < -0.4 is 21.3 Å². The average molecular weight is 550 g/mol. The minimum absolute atomic E-state index is 0.0129. The number of hydrogen-bond donors (Lipinski definition) is 4. The number of likely N-dealkylation sites (N-methyl/N-ethyl adjacent to an activating group) is 1. The number of benzene rings is 1. The van der Waals surface area contributed by atoms with Gasteiger partial charge in [-0.15, -0.1) is 0 Å². The van der Waals surface area contributed by atoms with Crippen LogP contribution >= 0.6 is 11.6 Å². The summed E-state index contributed by atoms with van der Waals surface area (Å²) in [6, 6.07) is 6.00. The fraction of sp³-hybridized carbons (Fsp3) is 0.304. The molecule has 0 fully saturated rings. The average Bonchev–Trinajstić information content (AvgIpc) is 2.84. The summed E-state index contributed by atoms with van der Waals surface area (Å²) >= 11 is 6.50. The van der Waals surface area contributed by atoms with E-state index in [0.29, 0.717) is 6.07 Å². The van der Waals surface area contributed by atoms with E-state index in [4.69, 9.17) is 22.2 Å². The quantitative estimate of drug-likeness (QED) is 0.185. The molecule has 0 spiro atoms. The second kappa shape index (κ2) is 10.6. The van der Waals surface area contributed by atoms with Gasteiger partial charge in [0, 0.05) is 42.4 Å². The van der Waals surface area contributed by atoms with E-state index in [1.807, 2.05) is 0 Å². The number of nitrogens with two attached hydrogens (primary N) is 1. The molecule has 14 heteroatoms. The maximum Gasteiger partial charge on any atom is 0.433 e. The summed E-state index contributed by atoms with van der Waals surface area (Å²) < 4.78 is 83.0. The molecule has 5 N–H and O–H groups in total.